The number of amides is 3. The van der Waals surface area contributed by atoms with Crippen molar-refractivity contribution in [2.75, 3.05) is 44.8 Å². The third-order valence-electron chi connectivity index (χ3n) is 6.31. The van der Waals surface area contributed by atoms with E-state index in [0.717, 1.165) is 5.56 Å². The third-order valence-corrected chi connectivity index (χ3v) is 6.31. The van der Waals surface area contributed by atoms with Crippen molar-refractivity contribution >= 4 is 29.2 Å². The molecule has 35 heavy (non-hydrogen) atoms. The number of carbonyl (C=O) groups is 3. The molecule has 0 unspecified atom stereocenters. The first-order valence-corrected chi connectivity index (χ1v) is 11.8. The lowest BCUT2D eigenvalue weighted by Crippen LogP contribution is -2.61. The summed E-state index contributed by atoms with van der Waals surface area (Å²) >= 11 is 0. The Morgan fingerprint density at radius 3 is 2.40 bits per heavy atom. The van der Waals surface area contributed by atoms with E-state index in [1.165, 1.54) is 6.20 Å². The van der Waals surface area contributed by atoms with Crippen molar-refractivity contribution < 1.29 is 14.4 Å². The van der Waals surface area contributed by atoms with Gasteiger partial charge >= 0.3 is 11.8 Å². The predicted molar refractivity (Wildman–Crippen MR) is 136 cm³/mol. The Morgan fingerprint density at radius 2 is 1.80 bits per heavy atom. The van der Waals surface area contributed by atoms with Crippen LogP contribution in [0.3, 0.4) is 0 Å². The number of nitrogens with zero attached hydrogens (tertiary/aromatic N) is 4. The summed E-state index contributed by atoms with van der Waals surface area (Å²) in [7, 11) is 3.89. The number of rotatable bonds is 5. The maximum Gasteiger partial charge on any atom is 0.313 e. The Morgan fingerprint density at radius 1 is 1.14 bits per heavy atom. The fourth-order valence-corrected chi connectivity index (χ4v) is 4.66. The van der Waals surface area contributed by atoms with Gasteiger partial charge in [-0.1, -0.05) is 30.3 Å². The van der Waals surface area contributed by atoms with Crippen molar-refractivity contribution in [3.63, 3.8) is 0 Å². The fourth-order valence-electron chi connectivity index (χ4n) is 4.66. The van der Waals surface area contributed by atoms with Gasteiger partial charge in [0.05, 0.1) is 23.3 Å². The highest BCUT2D eigenvalue weighted by molar-refractivity contribution is 6.39. The smallest absolute Gasteiger partial charge is 0.313 e. The Kier molecular flexibility index (Phi) is 7.80. The number of hydrogen-bond donors (Lipinski definition) is 2. The van der Waals surface area contributed by atoms with E-state index in [4.69, 9.17) is 5.73 Å². The quantitative estimate of drug-likeness (QED) is 0.635. The van der Waals surface area contributed by atoms with Crippen LogP contribution in [0.4, 0.5) is 11.5 Å². The lowest BCUT2D eigenvalue weighted by molar-refractivity contribution is -0.155. The number of nitrogens with one attached hydrogen (secondary N) is 1. The van der Waals surface area contributed by atoms with Gasteiger partial charge in [-0.3, -0.25) is 14.4 Å². The number of nitrogen functional groups attached to an aromatic ring is 1. The monoisotopic (exact) mass is 480 g/mol. The predicted octanol–water partition coefficient (Wildman–Crippen LogP) is 2.30. The molecule has 0 bridgehead atoms. The van der Waals surface area contributed by atoms with E-state index in [9.17, 15) is 14.4 Å². The molecule has 1 saturated heterocycles. The highest BCUT2D eigenvalue weighted by Crippen LogP contribution is 2.32. The number of pyridine rings is 1. The second-order valence-corrected chi connectivity index (χ2v) is 10.2. The van der Waals surface area contributed by atoms with Gasteiger partial charge in [0.2, 0.25) is 5.91 Å². The van der Waals surface area contributed by atoms with E-state index < -0.39 is 23.3 Å². The first kappa shape index (κ1) is 26.2. The van der Waals surface area contributed by atoms with Crippen LogP contribution < -0.4 is 11.1 Å². The molecule has 3 amide bonds. The number of aryl methyl sites for hydroxylation is 1. The van der Waals surface area contributed by atoms with Crippen LogP contribution in [-0.2, 0) is 14.4 Å². The number of nitrogens with two attached hydrogens (primary N) is 1. The molecule has 0 aliphatic carbocycles. The summed E-state index contributed by atoms with van der Waals surface area (Å²) in [5.74, 6) is -1.01. The van der Waals surface area contributed by atoms with Gasteiger partial charge in [0.25, 0.3) is 0 Å². The lowest BCUT2D eigenvalue weighted by atomic mass is 9.88. The summed E-state index contributed by atoms with van der Waals surface area (Å²) in [6.45, 7) is 8.72. The minimum absolute atomic E-state index is 0.0274. The normalized spacial score (nSPS) is 18.5. The van der Waals surface area contributed by atoms with Gasteiger partial charge in [0.15, 0.2) is 0 Å². The van der Waals surface area contributed by atoms with E-state index in [-0.39, 0.29) is 18.5 Å². The Hall–Kier alpha value is -3.46. The molecule has 2 aromatic rings. The number of anilines is 2. The summed E-state index contributed by atoms with van der Waals surface area (Å²) in [5, 5.41) is 2.64. The molecule has 2 atom stereocenters. The summed E-state index contributed by atoms with van der Waals surface area (Å²) in [6.07, 6.45) is 1.42. The van der Waals surface area contributed by atoms with Gasteiger partial charge in [-0.25, -0.2) is 4.98 Å². The number of benzene rings is 1. The van der Waals surface area contributed by atoms with Crippen LogP contribution in [0.1, 0.15) is 37.9 Å². The van der Waals surface area contributed by atoms with Gasteiger partial charge in [-0.15, -0.1) is 0 Å². The maximum atomic E-state index is 13.6. The Balaban J connectivity index is 1.86. The molecule has 0 radical (unpaired) electrons. The van der Waals surface area contributed by atoms with E-state index >= 15 is 0 Å². The molecule has 1 aliphatic rings. The van der Waals surface area contributed by atoms with Crippen LogP contribution in [-0.4, -0.2) is 77.2 Å². The van der Waals surface area contributed by atoms with Crippen molar-refractivity contribution in [3.05, 3.63) is 53.7 Å². The SMILES string of the molecule is Cc1cc(NC(=O)C(=O)N2C[C@@H](C)N(C(=O)C(C)(C)CN(C)C)C[C@@H]2c2ccccc2)cnc1N. The largest absolute Gasteiger partial charge is 0.383 e. The summed E-state index contributed by atoms with van der Waals surface area (Å²) in [5.41, 5.74) is 7.14. The molecule has 2 heterocycles. The average Bonchev–Trinajstić information content (AvgIpc) is 2.80. The molecule has 3 N–H and O–H groups in total. The van der Waals surface area contributed by atoms with Crippen LogP contribution in [0.2, 0.25) is 0 Å². The van der Waals surface area contributed by atoms with Gasteiger partial charge in [-0.05, 0) is 59.0 Å². The molecule has 1 aromatic carbocycles. The minimum Gasteiger partial charge on any atom is -0.383 e. The lowest BCUT2D eigenvalue weighted by Gasteiger charge is -2.47. The van der Waals surface area contributed by atoms with E-state index in [2.05, 4.69) is 10.3 Å². The summed E-state index contributed by atoms with van der Waals surface area (Å²) in [4.78, 5) is 49.3. The fraction of sp³-hybridized carbons (Fsp3) is 0.462. The van der Waals surface area contributed by atoms with Gasteiger partial charge in [-0.2, -0.15) is 0 Å². The van der Waals surface area contributed by atoms with Crippen LogP contribution in [0.5, 0.6) is 0 Å². The molecule has 0 saturated carbocycles. The molecule has 9 heteroatoms. The molecule has 0 spiro atoms. The zero-order valence-electron chi connectivity index (χ0n) is 21.4. The molecular formula is C26H36N6O3. The zero-order chi connectivity index (χ0) is 25.9. The van der Waals surface area contributed by atoms with Gasteiger partial charge in [0, 0.05) is 25.7 Å². The van der Waals surface area contributed by atoms with E-state index in [0.29, 0.717) is 30.2 Å². The topological polar surface area (TPSA) is 112 Å². The van der Waals surface area contributed by atoms with Crippen molar-refractivity contribution in [3.8, 4) is 0 Å². The molecule has 1 fully saturated rings. The maximum absolute atomic E-state index is 13.6. The molecule has 1 aromatic heterocycles. The number of piperazine rings is 1. The third kappa shape index (κ3) is 5.97. The first-order chi connectivity index (χ1) is 16.4. The van der Waals surface area contributed by atoms with Crippen LogP contribution >= 0.6 is 0 Å². The number of aromatic nitrogens is 1. The highest BCUT2D eigenvalue weighted by atomic mass is 16.2. The van der Waals surface area contributed by atoms with Crippen molar-refractivity contribution in [1.29, 1.82) is 0 Å². The second kappa shape index (κ2) is 10.4. The van der Waals surface area contributed by atoms with Crippen molar-refractivity contribution in [2.45, 2.75) is 39.8 Å². The van der Waals surface area contributed by atoms with Crippen LogP contribution in [0, 0.1) is 12.3 Å². The molecular weight excluding hydrogens is 444 g/mol. The Bertz CT molecular complexity index is 1090. The standard InChI is InChI=1S/C26H36N6O3/c1-17-12-20(13-28-22(17)27)29-23(33)24(34)32-14-18(2)31(25(35)26(3,4)16-30(5)6)15-21(32)19-10-8-7-9-11-19/h7-13,18,21H,14-16H2,1-6H3,(H2,27,28)(H,29,33)/t18-,21-/m1/s1. The summed E-state index contributed by atoms with van der Waals surface area (Å²) in [6, 6.07) is 10.5. The number of hydrogen-bond acceptors (Lipinski definition) is 6. The van der Waals surface area contributed by atoms with Gasteiger partial charge < -0.3 is 25.8 Å². The van der Waals surface area contributed by atoms with Crippen molar-refractivity contribution in [1.82, 2.24) is 19.7 Å². The average molecular weight is 481 g/mol. The molecule has 188 valence electrons. The highest BCUT2D eigenvalue weighted by Gasteiger charge is 2.43. The minimum atomic E-state index is -0.753. The second-order valence-electron chi connectivity index (χ2n) is 10.2. The van der Waals surface area contributed by atoms with E-state index in [1.807, 2.05) is 75.0 Å². The molecule has 3 rings (SSSR count). The number of carbonyl (C=O) groups excluding carboxylic acids is 3. The molecule has 9 nitrogen and oxygen atoms in total. The molecule has 1 aliphatic heterocycles. The van der Waals surface area contributed by atoms with Gasteiger partial charge in [0.1, 0.15) is 5.82 Å². The zero-order valence-corrected chi connectivity index (χ0v) is 21.4. The van der Waals surface area contributed by atoms with Crippen LogP contribution in [0.15, 0.2) is 42.6 Å². The van der Waals surface area contributed by atoms with E-state index in [1.54, 1.807) is 17.9 Å². The Labute approximate surface area is 207 Å². The first-order valence-electron chi connectivity index (χ1n) is 11.8. The van der Waals surface area contributed by atoms with Crippen LogP contribution in [0.25, 0.3) is 0 Å². The summed E-state index contributed by atoms with van der Waals surface area (Å²) < 4.78 is 0. The van der Waals surface area contributed by atoms with Crippen molar-refractivity contribution in [2.24, 2.45) is 5.41 Å².